The minimum atomic E-state index is -0.147. The Morgan fingerprint density at radius 3 is 2.33 bits per heavy atom. The molecule has 1 aliphatic rings. The van der Waals surface area contributed by atoms with Gasteiger partial charge in [0.1, 0.15) is 0 Å². The van der Waals surface area contributed by atoms with Crippen molar-refractivity contribution in [2.75, 3.05) is 30.9 Å². The maximum absolute atomic E-state index is 13.6. The van der Waals surface area contributed by atoms with Gasteiger partial charge in [0.05, 0.1) is 5.92 Å². The second kappa shape index (κ2) is 11.9. The molecule has 1 atom stereocenters. The van der Waals surface area contributed by atoms with Gasteiger partial charge in [-0.3, -0.25) is 9.59 Å². The van der Waals surface area contributed by atoms with Gasteiger partial charge < -0.3 is 15.1 Å². The molecule has 5 nitrogen and oxygen atoms in total. The van der Waals surface area contributed by atoms with E-state index in [1.54, 1.807) is 0 Å². The fraction of sp³-hybridized carbons (Fsp3) is 0.500. The first-order valence-corrected chi connectivity index (χ1v) is 12.4. The third-order valence-electron chi connectivity index (χ3n) is 6.63. The fourth-order valence-electron chi connectivity index (χ4n) is 4.86. The molecule has 1 saturated carbocycles. The van der Waals surface area contributed by atoms with Gasteiger partial charge in [0.15, 0.2) is 0 Å². The highest BCUT2D eigenvalue weighted by Gasteiger charge is 2.26. The van der Waals surface area contributed by atoms with Crippen molar-refractivity contribution in [3.05, 3.63) is 59.7 Å². The molecular weight excluding hydrogens is 410 g/mol. The average molecular weight is 450 g/mol. The minimum absolute atomic E-state index is 0.118. The Balaban J connectivity index is 1.84. The third-order valence-corrected chi connectivity index (χ3v) is 6.63. The van der Waals surface area contributed by atoms with E-state index in [1.807, 2.05) is 67.5 Å². The minimum Gasteiger partial charge on any atom is -0.377 e. The van der Waals surface area contributed by atoms with Gasteiger partial charge in [-0.1, -0.05) is 57.0 Å². The van der Waals surface area contributed by atoms with Gasteiger partial charge in [-0.05, 0) is 55.0 Å². The molecule has 0 aliphatic heterocycles. The van der Waals surface area contributed by atoms with Crippen LogP contribution in [0.1, 0.15) is 69.4 Å². The molecule has 33 heavy (non-hydrogen) atoms. The molecular formula is C28H39N3O2. The zero-order valence-electron chi connectivity index (χ0n) is 20.6. The molecule has 2 amide bonds. The van der Waals surface area contributed by atoms with Gasteiger partial charge in [-0.2, -0.15) is 0 Å². The van der Waals surface area contributed by atoms with E-state index in [9.17, 15) is 9.59 Å². The Bertz CT molecular complexity index is 920. The molecule has 1 fully saturated rings. The number of carbonyl (C=O) groups is 2. The van der Waals surface area contributed by atoms with Crippen LogP contribution in [0, 0.1) is 5.92 Å². The molecule has 0 radical (unpaired) electrons. The van der Waals surface area contributed by atoms with Crippen LogP contribution in [0.4, 0.5) is 11.4 Å². The smallest absolute Gasteiger partial charge is 0.230 e. The van der Waals surface area contributed by atoms with Crippen LogP contribution in [0.15, 0.2) is 48.5 Å². The molecule has 0 heterocycles. The molecule has 2 aromatic carbocycles. The van der Waals surface area contributed by atoms with E-state index in [0.717, 1.165) is 61.0 Å². The summed E-state index contributed by atoms with van der Waals surface area (Å²) in [6.07, 6.45) is 5.89. The second-order valence-corrected chi connectivity index (χ2v) is 9.34. The van der Waals surface area contributed by atoms with Gasteiger partial charge >= 0.3 is 0 Å². The second-order valence-electron chi connectivity index (χ2n) is 9.34. The van der Waals surface area contributed by atoms with Gasteiger partial charge in [0, 0.05) is 44.5 Å². The third kappa shape index (κ3) is 6.37. The predicted molar refractivity (Wildman–Crippen MR) is 137 cm³/mol. The van der Waals surface area contributed by atoms with E-state index >= 15 is 0 Å². The van der Waals surface area contributed by atoms with Crippen LogP contribution < -0.4 is 10.2 Å². The summed E-state index contributed by atoms with van der Waals surface area (Å²) in [6, 6.07) is 16.1. The first kappa shape index (κ1) is 24.8. The molecule has 0 spiro atoms. The zero-order valence-corrected chi connectivity index (χ0v) is 20.6. The van der Waals surface area contributed by atoms with Crippen LogP contribution in [0.3, 0.4) is 0 Å². The standard InChI is InChI=1S/C28H39N3O2/c1-5-18-31(28(33)25(6-2)21-12-8-7-9-13-21)20-23-19-24(16-17-26(23)30(3)4)29-27(32)22-14-10-11-15-22/h7-9,12-13,16-17,19,22,25H,5-6,10-11,14-15,18,20H2,1-4H3,(H,29,32). The van der Waals surface area contributed by atoms with E-state index in [4.69, 9.17) is 0 Å². The highest BCUT2D eigenvalue weighted by atomic mass is 16.2. The zero-order chi connectivity index (χ0) is 23.8. The first-order valence-electron chi connectivity index (χ1n) is 12.4. The van der Waals surface area contributed by atoms with Crippen LogP contribution in [-0.4, -0.2) is 37.4 Å². The largest absolute Gasteiger partial charge is 0.377 e. The van der Waals surface area contributed by atoms with E-state index in [-0.39, 0.29) is 23.7 Å². The molecule has 0 saturated heterocycles. The number of hydrogen-bond donors (Lipinski definition) is 1. The van der Waals surface area contributed by atoms with Crippen molar-refractivity contribution in [2.45, 2.75) is 64.8 Å². The Hall–Kier alpha value is -2.82. The number of benzene rings is 2. The SMILES string of the molecule is CCCN(Cc1cc(NC(=O)C2CCCC2)ccc1N(C)C)C(=O)C(CC)c1ccccc1. The lowest BCUT2D eigenvalue weighted by molar-refractivity contribution is -0.133. The molecule has 178 valence electrons. The summed E-state index contributed by atoms with van der Waals surface area (Å²) in [6.45, 7) is 5.41. The topological polar surface area (TPSA) is 52.7 Å². The number of rotatable bonds is 10. The summed E-state index contributed by atoms with van der Waals surface area (Å²) >= 11 is 0. The lowest BCUT2D eigenvalue weighted by Crippen LogP contribution is -2.35. The lowest BCUT2D eigenvalue weighted by Gasteiger charge is -2.29. The van der Waals surface area contributed by atoms with Crippen molar-refractivity contribution in [2.24, 2.45) is 5.92 Å². The van der Waals surface area contributed by atoms with Crippen molar-refractivity contribution in [1.82, 2.24) is 4.90 Å². The van der Waals surface area contributed by atoms with Crippen molar-refractivity contribution < 1.29 is 9.59 Å². The number of nitrogens with one attached hydrogen (secondary N) is 1. The molecule has 0 aromatic heterocycles. The molecule has 1 N–H and O–H groups in total. The average Bonchev–Trinajstić information content (AvgIpc) is 3.35. The van der Waals surface area contributed by atoms with E-state index in [1.165, 1.54) is 0 Å². The lowest BCUT2D eigenvalue weighted by atomic mass is 9.94. The van der Waals surface area contributed by atoms with Crippen LogP contribution in [0.2, 0.25) is 0 Å². The Morgan fingerprint density at radius 1 is 1.03 bits per heavy atom. The summed E-state index contributed by atoms with van der Waals surface area (Å²) in [7, 11) is 4.03. The molecule has 1 aliphatic carbocycles. The number of nitrogens with zero attached hydrogens (tertiary/aromatic N) is 2. The summed E-state index contributed by atoms with van der Waals surface area (Å²) < 4.78 is 0. The summed E-state index contributed by atoms with van der Waals surface area (Å²) in [5.41, 5.74) is 3.99. The summed E-state index contributed by atoms with van der Waals surface area (Å²) in [5, 5.41) is 3.12. The van der Waals surface area contributed by atoms with E-state index in [0.29, 0.717) is 13.1 Å². The molecule has 3 rings (SSSR count). The van der Waals surface area contributed by atoms with Crippen LogP contribution in [0.25, 0.3) is 0 Å². The van der Waals surface area contributed by atoms with Gasteiger partial charge in [0.2, 0.25) is 11.8 Å². The molecule has 0 bridgehead atoms. The maximum atomic E-state index is 13.6. The van der Waals surface area contributed by atoms with Crippen LogP contribution >= 0.6 is 0 Å². The van der Waals surface area contributed by atoms with Crippen molar-refractivity contribution >= 4 is 23.2 Å². The van der Waals surface area contributed by atoms with Crippen molar-refractivity contribution in [3.8, 4) is 0 Å². The van der Waals surface area contributed by atoms with Gasteiger partial charge in [0.25, 0.3) is 0 Å². The number of anilines is 2. The van der Waals surface area contributed by atoms with Crippen LogP contribution in [-0.2, 0) is 16.1 Å². The summed E-state index contributed by atoms with van der Waals surface area (Å²) in [4.78, 5) is 30.4. The van der Waals surface area contributed by atoms with Gasteiger partial charge in [-0.15, -0.1) is 0 Å². The van der Waals surface area contributed by atoms with Crippen molar-refractivity contribution in [3.63, 3.8) is 0 Å². The Kier molecular flexibility index (Phi) is 8.93. The highest BCUT2D eigenvalue weighted by Crippen LogP contribution is 2.30. The molecule has 2 aromatic rings. The normalized spacial score (nSPS) is 14.7. The van der Waals surface area contributed by atoms with Crippen molar-refractivity contribution in [1.29, 1.82) is 0 Å². The number of carbonyl (C=O) groups excluding carboxylic acids is 2. The van der Waals surface area contributed by atoms with E-state index in [2.05, 4.69) is 24.1 Å². The monoisotopic (exact) mass is 449 g/mol. The predicted octanol–water partition coefficient (Wildman–Crippen LogP) is 5.81. The Morgan fingerprint density at radius 2 is 1.73 bits per heavy atom. The van der Waals surface area contributed by atoms with Crippen LogP contribution in [0.5, 0.6) is 0 Å². The molecule has 1 unspecified atom stereocenters. The Labute approximate surface area is 199 Å². The number of amides is 2. The quantitative estimate of drug-likeness (QED) is 0.498. The highest BCUT2D eigenvalue weighted by molar-refractivity contribution is 5.93. The first-order chi connectivity index (χ1) is 15.9. The number of hydrogen-bond acceptors (Lipinski definition) is 3. The maximum Gasteiger partial charge on any atom is 0.230 e. The molecule has 5 heteroatoms. The fourth-order valence-corrected chi connectivity index (χ4v) is 4.86. The van der Waals surface area contributed by atoms with E-state index < -0.39 is 0 Å². The van der Waals surface area contributed by atoms with Gasteiger partial charge in [-0.25, -0.2) is 0 Å². The summed E-state index contributed by atoms with van der Waals surface area (Å²) in [5.74, 6) is 0.255.